The zero-order valence-electron chi connectivity index (χ0n) is 14.3. The summed E-state index contributed by atoms with van der Waals surface area (Å²) in [4.78, 5) is 10.9. The van der Waals surface area contributed by atoms with Gasteiger partial charge in [-0.3, -0.25) is 4.98 Å². The van der Waals surface area contributed by atoms with Crippen LogP contribution in [-0.2, 0) is 4.74 Å². The molecule has 0 aliphatic carbocycles. The van der Waals surface area contributed by atoms with Gasteiger partial charge in [-0.25, -0.2) is 4.98 Å². The van der Waals surface area contributed by atoms with E-state index in [-0.39, 0.29) is 12.2 Å². The lowest BCUT2D eigenvalue weighted by molar-refractivity contribution is -0.0171. The maximum absolute atomic E-state index is 9.17. The van der Waals surface area contributed by atoms with Gasteiger partial charge in [0.25, 0.3) is 0 Å². The highest BCUT2D eigenvalue weighted by Gasteiger charge is 2.26. The highest BCUT2D eigenvalue weighted by molar-refractivity contribution is 5.93. The fourth-order valence-electron chi connectivity index (χ4n) is 2.86. The van der Waals surface area contributed by atoms with Crippen LogP contribution in [0.3, 0.4) is 0 Å². The second-order valence-electron chi connectivity index (χ2n) is 5.39. The van der Waals surface area contributed by atoms with Crippen molar-refractivity contribution < 1.29 is 4.74 Å². The highest BCUT2D eigenvalue weighted by Crippen LogP contribution is 2.29. The minimum Gasteiger partial charge on any atom is -0.372 e. The lowest BCUT2D eigenvalue weighted by Gasteiger charge is -2.38. The normalized spacial score (nSPS) is 20.6. The molecule has 3 heterocycles. The lowest BCUT2D eigenvalue weighted by Crippen LogP contribution is -2.46. The Morgan fingerprint density at radius 2 is 2.13 bits per heavy atom. The molecule has 0 bridgehead atoms. The number of hydrogen-bond acceptors (Lipinski definition) is 5. The second kappa shape index (κ2) is 7.89. The van der Waals surface area contributed by atoms with Gasteiger partial charge in [0.2, 0.25) is 0 Å². The molecule has 5 nitrogen and oxygen atoms in total. The number of hydrogen-bond donors (Lipinski definition) is 0. The molecule has 0 radical (unpaired) electrons. The number of anilines is 1. The summed E-state index contributed by atoms with van der Waals surface area (Å²) in [7, 11) is 0. The quantitative estimate of drug-likeness (QED) is 0.849. The molecule has 0 aromatic carbocycles. The molecular weight excluding hydrogens is 288 g/mol. The summed E-state index contributed by atoms with van der Waals surface area (Å²) in [5.74, 6) is 0. The first kappa shape index (κ1) is 17.2. The fourth-order valence-corrected chi connectivity index (χ4v) is 2.86. The summed E-state index contributed by atoms with van der Waals surface area (Å²) in [6.45, 7) is 9.90. The average Bonchev–Trinajstić information content (AvgIpc) is 2.61. The van der Waals surface area contributed by atoms with Crippen molar-refractivity contribution in [2.75, 3.05) is 18.0 Å². The molecule has 5 heteroatoms. The molecule has 3 rings (SSSR count). The van der Waals surface area contributed by atoms with Gasteiger partial charge in [0.1, 0.15) is 11.6 Å². The maximum Gasteiger partial charge on any atom is 0.166 e. The third-order valence-corrected chi connectivity index (χ3v) is 3.85. The Morgan fingerprint density at radius 3 is 2.83 bits per heavy atom. The van der Waals surface area contributed by atoms with Gasteiger partial charge >= 0.3 is 0 Å². The Kier molecular flexibility index (Phi) is 5.89. The summed E-state index contributed by atoms with van der Waals surface area (Å²) in [5, 5.41) is 10.2. The van der Waals surface area contributed by atoms with E-state index in [2.05, 4.69) is 34.8 Å². The Bertz CT molecular complexity index is 695. The summed E-state index contributed by atoms with van der Waals surface area (Å²) in [6, 6.07) is 6.01. The van der Waals surface area contributed by atoms with Crippen LogP contribution in [0.1, 0.15) is 39.8 Å². The second-order valence-corrected chi connectivity index (χ2v) is 5.39. The number of nitriles is 1. The van der Waals surface area contributed by atoms with E-state index in [0.29, 0.717) is 11.2 Å². The van der Waals surface area contributed by atoms with Gasteiger partial charge in [0.15, 0.2) is 5.69 Å². The van der Waals surface area contributed by atoms with Gasteiger partial charge in [-0.2, -0.15) is 5.26 Å². The molecule has 2 aromatic rings. The number of aromatic nitrogens is 2. The van der Waals surface area contributed by atoms with Crippen LogP contribution in [0.15, 0.2) is 24.5 Å². The molecule has 1 fully saturated rings. The van der Waals surface area contributed by atoms with Crippen LogP contribution in [0.2, 0.25) is 0 Å². The molecule has 2 atom stereocenters. The molecule has 0 spiro atoms. The van der Waals surface area contributed by atoms with E-state index >= 15 is 0 Å². The third-order valence-electron chi connectivity index (χ3n) is 3.85. The van der Waals surface area contributed by atoms with E-state index < -0.39 is 0 Å². The van der Waals surface area contributed by atoms with E-state index in [1.165, 1.54) is 0 Å². The largest absolute Gasteiger partial charge is 0.372 e. The van der Waals surface area contributed by atoms with Crippen LogP contribution in [0.25, 0.3) is 10.9 Å². The zero-order chi connectivity index (χ0) is 16.8. The van der Waals surface area contributed by atoms with Crippen molar-refractivity contribution in [1.29, 1.82) is 5.26 Å². The fraction of sp³-hybridized carbons (Fsp3) is 0.500. The van der Waals surface area contributed by atoms with Crippen molar-refractivity contribution in [1.82, 2.24) is 9.97 Å². The van der Waals surface area contributed by atoms with E-state index in [9.17, 15) is 5.26 Å². The standard InChI is InChI=1S/C16H18N4O.C2H6/c1-3-12-10-20(9-11(2)21-12)15-8-19-14(7-17)16-13(15)5-4-6-18-16;1-2/h4-6,8,11-12H,3,9-10H2,1-2H3;1-2H3. The first-order valence-electron chi connectivity index (χ1n) is 8.27. The number of rotatable bonds is 2. The van der Waals surface area contributed by atoms with E-state index in [1.54, 1.807) is 12.4 Å². The number of fused-ring (bicyclic) bond motifs is 1. The molecule has 0 N–H and O–H groups in total. The summed E-state index contributed by atoms with van der Waals surface area (Å²) in [5.41, 5.74) is 2.08. The van der Waals surface area contributed by atoms with Crippen molar-refractivity contribution in [3.8, 4) is 6.07 Å². The van der Waals surface area contributed by atoms with Gasteiger partial charge in [0, 0.05) is 24.7 Å². The molecule has 1 saturated heterocycles. The Hall–Kier alpha value is -2.19. The van der Waals surface area contributed by atoms with Crippen molar-refractivity contribution in [2.45, 2.75) is 46.3 Å². The van der Waals surface area contributed by atoms with Crippen molar-refractivity contribution in [2.24, 2.45) is 0 Å². The third kappa shape index (κ3) is 3.59. The average molecular weight is 312 g/mol. The Balaban J connectivity index is 0.000000924. The lowest BCUT2D eigenvalue weighted by atomic mass is 10.1. The molecule has 0 saturated carbocycles. The van der Waals surface area contributed by atoms with Gasteiger partial charge in [-0.15, -0.1) is 0 Å². The monoisotopic (exact) mass is 312 g/mol. The van der Waals surface area contributed by atoms with Crippen LogP contribution in [0.5, 0.6) is 0 Å². The van der Waals surface area contributed by atoms with Crippen LogP contribution in [0.4, 0.5) is 5.69 Å². The van der Waals surface area contributed by atoms with E-state index in [1.807, 2.05) is 26.0 Å². The van der Waals surface area contributed by atoms with Crippen molar-refractivity contribution in [3.05, 3.63) is 30.2 Å². The van der Waals surface area contributed by atoms with E-state index in [0.717, 1.165) is 30.6 Å². The van der Waals surface area contributed by atoms with Gasteiger partial charge in [0.05, 0.1) is 24.1 Å². The van der Waals surface area contributed by atoms with Crippen LogP contribution in [0, 0.1) is 11.3 Å². The molecule has 1 aliphatic heterocycles. The minimum atomic E-state index is 0.186. The molecule has 2 unspecified atom stereocenters. The molecular formula is C18H24N4O. The summed E-state index contributed by atoms with van der Waals surface area (Å²) >= 11 is 0. The molecule has 1 aliphatic rings. The predicted molar refractivity (Wildman–Crippen MR) is 92.4 cm³/mol. The zero-order valence-corrected chi connectivity index (χ0v) is 14.3. The van der Waals surface area contributed by atoms with Gasteiger partial charge < -0.3 is 9.64 Å². The maximum atomic E-state index is 9.17. The summed E-state index contributed by atoms with van der Waals surface area (Å²) in [6.07, 6.45) is 4.89. The summed E-state index contributed by atoms with van der Waals surface area (Å²) < 4.78 is 5.91. The first-order chi connectivity index (χ1) is 11.2. The Labute approximate surface area is 137 Å². The van der Waals surface area contributed by atoms with Gasteiger partial charge in [-0.05, 0) is 25.5 Å². The van der Waals surface area contributed by atoms with Gasteiger partial charge in [-0.1, -0.05) is 20.8 Å². The SMILES string of the molecule is CC.CCC1CN(c2cnc(C#N)c3ncccc23)CC(C)O1. The number of morpholine rings is 1. The first-order valence-corrected chi connectivity index (χ1v) is 8.27. The smallest absolute Gasteiger partial charge is 0.166 e. The minimum absolute atomic E-state index is 0.186. The number of nitrogens with zero attached hydrogens (tertiary/aromatic N) is 4. The molecule has 122 valence electrons. The predicted octanol–water partition coefficient (Wildman–Crippen LogP) is 3.53. The number of pyridine rings is 2. The van der Waals surface area contributed by atoms with E-state index in [4.69, 9.17) is 4.74 Å². The Morgan fingerprint density at radius 1 is 1.35 bits per heavy atom. The highest BCUT2D eigenvalue weighted by atomic mass is 16.5. The van der Waals surface area contributed by atoms with Crippen LogP contribution < -0.4 is 4.90 Å². The topological polar surface area (TPSA) is 62.0 Å². The molecule has 0 amide bonds. The number of ether oxygens (including phenoxy) is 1. The van der Waals surface area contributed by atoms with Crippen LogP contribution in [-0.4, -0.2) is 35.3 Å². The van der Waals surface area contributed by atoms with Crippen molar-refractivity contribution >= 4 is 16.6 Å². The van der Waals surface area contributed by atoms with Crippen LogP contribution >= 0.6 is 0 Å². The van der Waals surface area contributed by atoms with Crippen molar-refractivity contribution in [3.63, 3.8) is 0 Å². The molecule has 23 heavy (non-hydrogen) atoms. The molecule has 2 aromatic heterocycles.